The molecule has 0 unspecified atom stereocenters. The van der Waals surface area contributed by atoms with Gasteiger partial charge in [-0.05, 0) is 35.7 Å². The first kappa shape index (κ1) is 15.1. The number of hydrogen-bond donors (Lipinski definition) is 0. The Kier molecular flexibility index (Phi) is 4.29. The van der Waals surface area contributed by atoms with E-state index in [0.29, 0.717) is 12.3 Å². The van der Waals surface area contributed by atoms with Crippen molar-refractivity contribution in [3.8, 4) is 16.9 Å². The zero-order chi connectivity index (χ0) is 16.2. The molecule has 0 saturated heterocycles. The van der Waals surface area contributed by atoms with E-state index in [9.17, 15) is 4.79 Å². The molecule has 3 aromatic rings. The van der Waals surface area contributed by atoms with Crippen molar-refractivity contribution >= 4 is 0 Å². The second-order valence-electron chi connectivity index (χ2n) is 5.57. The number of benzene rings is 2. The van der Waals surface area contributed by atoms with Gasteiger partial charge in [0.2, 0.25) is 0 Å². The molecule has 116 valence electrons. The van der Waals surface area contributed by atoms with E-state index in [4.69, 9.17) is 4.74 Å². The molecule has 3 rings (SSSR count). The highest BCUT2D eigenvalue weighted by molar-refractivity contribution is 5.63. The fraction of sp³-hybridized carbons (Fsp3) is 0.150. The van der Waals surface area contributed by atoms with E-state index >= 15 is 0 Å². The fourth-order valence-corrected chi connectivity index (χ4v) is 2.54. The Morgan fingerprint density at radius 2 is 1.52 bits per heavy atom. The Balaban J connectivity index is 1.83. The number of hydrogen-bond acceptors (Lipinski definition) is 2. The summed E-state index contributed by atoms with van der Waals surface area (Å²) in [5.74, 6) is 0.365. The average molecular weight is 305 g/mol. The topological polar surface area (TPSA) is 31.2 Å². The van der Waals surface area contributed by atoms with E-state index in [0.717, 1.165) is 5.56 Å². The highest BCUT2D eigenvalue weighted by Gasteiger charge is 2.04. The van der Waals surface area contributed by atoms with Gasteiger partial charge in [0.25, 0.3) is 5.56 Å². The lowest BCUT2D eigenvalue weighted by Crippen LogP contribution is -2.20. The zero-order valence-corrected chi connectivity index (χ0v) is 13.3. The molecule has 3 heteroatoms. The van der Waals surface area contributed by atoms with Crippen molar-refractivity contribution in [2.45, 2.75) is 13.5 Å². The van der Waals surface area contributed by atoms with E-state index in [2.05, 4.69) is 55.5 Å². The summed E-state index contributed by atoms with van der Waals surface area (Å²) in [6.07, 6.45) is 1.78. The third-order valence-electron chi connectivity index (χ3n) is 3.90. The van der Waals surface area contributed by atoms with Crippen LogP contribution in [-0.4, -0.2) is 11.7 Å². The maximum absolute atomic E-state index is 12.2. The summed E-state index contributed by atoms with van der Waals surface area (Å²) in [6, 6.07) is 20.3. The number of rotatable bonds is 4. The third-order valence-corrected chi connectivity index (χ3v) is 3.90. The largest absolute Gasteiger partial charge is 0.491 e. The van der Waals surface area contributed by atoms with Crippen molar-refractivity contribution in [1.82, 2.24) is 4.57 Å². The third kappa shape index (κ3) is 3.34. The molecule has 0 amide bonds. The second kappa shape index (κ2) is 6.53. The van der Waals surface area contributed by atoms with Crippen LogP contribution in [0.15, 0.2) is 71.7 Å². The van der Waals surface area contributed by atoms with Crippen molar-refractivity contribution in [3.05, 3.63) is 88.3 Å². The first-order chi connectivity index (χ1) is 11.2. The van der Waals surface area contributed by atoms with Crippen molar-refractivity contribution in [1.29, 1.82) is 0 Å². The summed E-state index contributed by atoms with van der Waals surface area (Å²) in [7, 11) is 1.51. The van der Waals surface area contributed by atoms with Gasteiger partial charge < -0.3 is 9.30 Å². The van der Waals surface area contributed by atoms with E-state index < -0.39 is 0 Å². The lowest BCUT2D eigenvalue weighted by atomic mass is 10.0. The summed E-state index contributed by atoms with van der Waals surface area (Å²) in [5, 5.41) is 0. The molecular weight excluding hydrogens is 286 g/mol. The Hall–Kier alpha value is -2.81. The first-order valence-corrected chi connectivity index (χ1v) is 7.57. The van der Waals surface area contributed by atoms with Gasteiger partial charge in [0.1, 0.15) is 0 Å². The molecular formula is C20H19NO2. The van der Waals surface area contributed by atoms with Crippen LogP contribution in [0.4, 0.5) is 0 Å². The molecule has 0 aliphatic carbocycles. The summed E-state index contributed by atoms with van der Waals surface area (Å²) in [5.41, 5.74) is 4.59. The van der Waals surface area contributed by atoms with E-state index in [1.54, 1.807) is 16.8 Å². The normalized spacial score (nSPS) is 10.5. The molecule has 0 aliphatic heterocycles. The van der Waals surface area contributed by atoms with Crippen molar-refractivity contribution in [3.63, 3.8) is 0 Å². The SMILES string of the molecule is COc1cccn(Cc2ccc(-c3ccc(C)cc3)cc2)c1=O. The van der Waals surface area contributed by atoms with Gasteiger partial charge in [-0.2, -0.15) is 0 Å². The quantitative estimate of drug-likeness (QED) is 0.732. The van der Waals surface area contributed by atoms with Crippen molar-refractivity contribution in [2.75, 3.05) is 7.11 Å². The molecule has 1 heterocycles. The lowest BCUT2D eigenvalue weighted by molar-refractivity contribution is 0.403. The van der Waals surface area contributed by atoms with Gasteiger partial charge in [0.15, 0.2) is 5.75 Å². The van der Waals surface area contributed by atoms with Gasteiger partial charge >= 0.3 is 0 Å². The minimum Gasteiger partial charge on any atom is -0.491 e. The van der Waals surface area contributed by atoms with Crippen LogP contribution in [0.3, 0.4) is 0 Å². The van der Waals surface area contributed by atoms with E-state index in [1.165, 1.54) is 23.8 Å². The summed E-state index contributed by atoms with van der Waals surface area (Å²) < 4.78 is 6.73. The minimum atomic E-state index is -0.113. The van der Waals surface area contributed by atoms with E-state index in [1.807, 2.05) is 6.07 Å². The average Bonchev–Trinajstić information content (AvgIpc) is 2.58. The van der Waals surface area contributed by atoms with Gasteiger partial charge in [-0.3, -0.25) is 4.79 Å². The molecule has 3 nitrogen and oxygen atoms in total. The Morgan fingerprint density at radius 1 is 0.913 bits per heavy atom. The molecule has 0 bridgehead atoms. The molecule has 23 heavy (non-hydrogen) atoms. The first-order valence-electron chi connectivity index (χ1n) is 7.57. The molecule has 2 aromatic carbocycles. The Labute approximate surface area is 135 Å². The van der Waals surface area contributed by atoms with E-state index in [-0.39, 0.29) is 5.56 Å². The van der Waals surface area contributed by atoms with Gasteiger partial charge in [-0.1, -0.05) is 54.1 Å². The molecule has 0 saturated carbocycles. The van der Waals surface area contributed by atoms with Crippen LogP contribution >= 0.6 is 0 Å². The highest BCUT2D eigenvalue weighted by Crippen LogP contribution is 2.20. The maximum Gasteiger partial charge on any atom is 0.293 e. The van der Waals surface area contributed by atoms with Gasteiger partial charge in [-0.25, -0.2) is 0 Å². The van der Waals surface area contributed by atoms with Crippen LogP contribution in [0.1, 0.15) is 11.1 Å². The number of nitrogens with zero attached hydrogens (tertiary/aromatic N) is 1. The van der Waals surface area contributed by atoms with Crippen LogP contribution in [-0.2, 0) is 6.54 Å². The summed E-state index contributed by atoms with van der Waals surface area (Å²) in [4.78, 5) is 12.2. The fourth-order valence-electron chi connectivity index (χ4n) is 2.54. The number of methoxy groups -OCH3 is 1. The maximum atomic E-state index is 12.2. The predicted molar refractivity (Wildman–Crippen MR) is 93.0 cm³/mol. The van der Waals surface area contributed by atoms with Crippen molar-refractivity contribution < 1.29 is 4.74 Å². The number of pyridine rings is 1. The molecule has 0 radical (unpaired) electrons. The lowest BCUT2D eigenvalue weighted by Gasteiger charge is -2.09. The van der Waals surface area contributed by atoms with Crippen LogP contribution in [0.2, 0.25) is 0 Å². The Morgan fingerprint density at radius 3 is 2.13 bits per heavy atom. The monoisotopic (exact) mass is 305 g/mol. The molecule has 0 aliphatic rings. The smallest absolute Gasteiger partial charge is 0.293 e. The molecule has 0 spiro atoms. The minimum absolute atomic E-state index is 0.113. The van der Waals surface area contributed by atoms with Crippen molar-refractivity contribution in [2.24, 2.45) is 0 Å². The second-order valence-corrected chi connectivity index (χ2v) is 5.57. The van der Waals surface area contributed by atoms with Crippen LogP contribution in [0.25, 0.3) is 11.1 Å². The number of aryl methyl sites for hydroxylation is 1. The summed E-state index contributed by atoms with van der Waals surface area (Å²) in [6.45, 7) is 2.61. The van der Waals surface area contributed by atoms with Gasteiger partial charge in [-0.15, -0.1) is 0 Å². The number of aromatic nitrogens is 1. The van der Waals surface area contributed by atoms with Crippen LogP contribution in [0, 0.1) is 6.92 Å². The molecule has 0 fully saturated rings. The molecule has 0 atom stereocenters. The number of ether oxygens (including phenoxy) is 1. The van der Waals surface area contributed by atoms with Crippen LogP contribution < -0.4 is 10.3 Å². The zero-order valence-electron chi connectivity index (χ0n) is 13.3. The van der Waals surface area contributed by atoms with Gasteiger partial charge in [0.05, 0.1) is 13.7 Å². The van der Waals surface area contributed by atoms with Crippen LogP contribution in [0.5, 0.6) is 5.75 Å². The summed E-state index contributed by atoms with van der Waals surface area (Å²) >= 11 is 0. The molecule has 0 N–H and O–H groups in total. The predicted octanol–water partition coefficient (Wildman–Crippen LogP) is 3.88. The molecule has 1 aromatic heterocycles. The highest BCUT2D eigenvalue weighted by atomic mass is 16.5. The standard InChI is InChI=1S/C20H19NO2/c1-15-5-9-17(10-6-15)18-11-7-16(8-12-18)14-21-13-3-4-19(23-2)20(21)22/h3-13H,14H2,1-2H3. The van der Waals surface area contributed by atoms with Gasteiger partial charge in [0, 0.05) is 6.20 Å². The Bertz CT molecular complexity index is 846.